The van der Waals surface area contributed by atoms with Crippen molar-refractivity contribution < 1.29 is 14.0 Å². The van der Waals surface area contributed by atoms with Crippen molar-refractivity contribution in [1.29, 1.82) is 0 Å². The van der Waals surface area contributed by atoms with Crippen molar-refractivity contribution in [3.05, 3.63) is 28.5 Å². The van der Waals surface area contributed by atoms with Gasteiger partial charge in [0.2, 0.25) is 0 Å². The lowest BCUT2D eigenvalue weighted by atomic mass is 10.1. The van der Waals surface area contributed by atoms with Crippen LogP contribution in [0.25, 0.3) is 0 Å². The summed E-state index contributed by atoms with van der Waals surface area (Å²) < 4.78 is 13.5. The first-order chi connectivity index (χ1) is 7.94. The molecule has 0 amide bonds. The van der Waals surface area contributed by atoms with Gasteiger partial charge >= 0.3 is 5.97 Å². The molecule has 92 valence electrons. The second-order valence-corrected chi connectivity index (χ2v) is 4.54. The standard InChI is InChI=1S/C11H12ClFN2O2/c1-6(16)17-15-11(2-3-11)7-4-8(12)10(14)9(13)5-7/h4-5,15H,2-3,14H2,1H3. The number of benzene rings is 1. The molecular formula is C11H12ClFN2O2. The van der Waals surface area contributed by atoms with Crippen LogP contribution < -0.4 is 11.2 Å². The number of nitrogens with two attached hydrogens (primary N) is 1. The Morgan fingerprint density at radius 2 is 2.24 bits per heavy atom. The third-order valence-corrected chi connectivity index (χ3v) is 3.08. The topological polar surface area (TPSA) is 64.3 Å². The van der Waals surface area contributed by atoms with Gasteiger partial charge in [0, 0.05) is 6.92 Å². The van der Waals surface area contributed by atoms with Crippen LogP contribution >= 0.6 is 11.6 Å². The van der Waals surface area contributed by atoms with E-state index in [1.54, 1.807) is 6.07 Å². The summed E-state index contributed by atoms with van der Waals surface area (Å²) in [5.74, 6) is -1.01. The van der Waals surface area contributed by atoms with Crippen LogP contribution in [0.1, 0.15) is 25.3 Å². The summed E-state index contributed by atoms with van der Waals surface area (Å²) in [4.78, 5) is 15.5. The van der Waals surface area contributed by atoms with Crippen LogP contribution in [-0.2, 0) is 15.2 Å². The zero-order chi connectivity index (χ0) is 12.6. The van der Waals surface area contributed by atoms with Crippen LogP contribution in [0, 0.1) is 5.82 Å². The van der Waals surface area contributed by atoms with E-state index in [2.05, 4.69) is 5.48 Å². The van der Waals surface area contributed by atoms with Gasteiger partial charge < -0.3 is 10.6 Å². The van der Waals surface area contributed by atoms with Gasteiger partial charge in [-0.25, -0.2) is 4.39 Å². The highest BCUT2D eigenvalue weighted by atomic mass is 35.5. The van der Waals surface area contributed by atoms with E-state index in [-0.39, 0.29) is 10.7 Å². The first kappa shape index (κ1) is 12.1. The predicted molar refractivity (Wildman–Crippen MR) is 61.6 cm³/mol. The van der Waals surface area contributed by atoms with Gasteiger partial charge in [0.15, 0.2) is 0 Å². The highest BCUT2D eigenvalue weighted by molar-refractivity contribution is 6.33. The minimum absolute atomic E-state index is 0.0706. The molecule has 1 fully saturated rings. The van der Waals surface area contributed by atoms with Gasteiger partial charge in [0.05, 0.1) is 16.2 Å². The molecule has 0 radical (unpaired) electrons. The molecular weight excluding hydrogens is 247 g/mol. The summed E-state index contributed by atoms with van der Waals surface area (Å²) in [5, 5.41) is 0.163. The monoisotopic (exact) mass is 258 g/mol. The number of hydrogen-bond donors (Lipinski definition) is 2. The number of hydroxylamine groups is 1. The van der Waals surface area contributed by atoms with E-state index in [4.69, 9.17) is 22.2 Å². The van der Waals surface area contributed by atoms with Crippen LogP contribution in [0.5, 0.6) is 0 Å². The number of carbonyl (C=O) groups is 1. The molecule has 0 aromatic heterocycles. The third-order valence-electron chi connectivity index (χ3n) is 2.77. The maximum Gasteiger partial charge on any atom is 0.321 e. The summed E-state index contributed by atoms with van der Waals surface area (Å²) in [6.07, 6.45) is 1.50. The number of carbonyl (C=O) groups excluding carboxylic acids is 1. The zero-order valence-electron chi connectivity index (χ0n) is 9.22. The number of hydrogen-bond acceptors (Lipinski definition) is 4. The Labute approximate surface area is 103 Å². The number of nitrogen functional groups attached to an aromatic ring is 1. The van der Waals surface area contributed by atoms with E-state index in [0.29, 0.717) is 5.56 Å². The molecule has 0 aliphatic heterocycles. The number of halogens is 2. The summed E-state index contributed by atoms with van der Waals surface area (Å²) in [6.45, 7) is 1.29. The molecule has 1 aromatic carbocycles. The molecule has 0 unspecified atom stereocenters. The first-order valence-corrected chi connectivity index (χ1v) is 5.52. The van der Waals surface area contributed by atoms with Crippen molar-refractivity contribution in [3.8, 4) is 0 Å². The molecule has 6 heteroatoms. The Morgan fingerprint density at radius 1 is 1.59 bits per heavy atom. The van der Waals surface area contributed by atoms with Gasteiger partial charge in [-0.05, 0) is 30.5 Å². The van der Waals surface area contributed by atoms with E-state index in [0.717, 1.165) is 12.8 Å². The number of anilines is 1. The van der Waals surface area contributed by atoms with Crippen molar-refractivity contribution in [2.75, 3.05) is 5.73 Å². The largest absolute Gasteiger partial charge is 0.395 e. The van der Waals surface area contributed by atoms with Crippen molar-refractivity contribution in [2.45, 2.75) is 25.3 Å². The second kappa shape index (κ2) is 4.16. The summed E-state index contributed by atoms with van der Waals surface area (Å²) in [6, 6.07) is 2.90. The van der Waals surface area contributed by atoms with Crippen molar-refractivity contribution >= 4 is 23.3 Å². The molecule has 17 heavy (non-hydrogen) atoms. The fourth-order valence-electron chi connectivity index (χ4n) is 1.60. The molecule has 0 atom stereocenters. The Morgan fingerprint density at radius 3 is 2.71 bits per heavy atom. The van der Waals surface area contributed by atoms with Crippen molar-refractivity contribution in [2.24, 2.45) is 0 Å². The summed E-state index contributed by atoms with van der Waals surface area (Å²) in [5.41, 5.74) is 8.11. The van der Waals surface area contributed by atoms with Gasteiger partial charge in [-0.3, -0.25) is 4.79 Å². The maximum atomic E-state index is 13.5. The van der Waals surface area contributed by atoms with Crippen LogP contribution in [-0.4, -0.2) is 5.97 Å². The molecule has 0 spiro atoms. The Hall–Kier alpha value is -1.33. The first-order valence-electron chi connectivity index (χ1n) is 5.14. The maximum absolute atomic E-state index is 13.5. The Bertz CT molecular complexity index is 452. The van der Waals surface area contributed by atoms with Gasteiger partial charge in [-0.2, -0.15) is 0 Å². The smallest absolute Gasteiger partial charge is 0.321 e. The van der Waals surface area contributed by atoms with E-state index in [1.807, 2.05) is 0 Å². The molecule has 2 rings (SSSR count). The highest BCUT2D eigenvalue weighted by Gasteiger charge is 2.46. The van der Waals surface area contributed by atoms with Crippen LogP contribution in [0.2, 0.25) is 5.02 Å². The van der Waals surface area contributed by atoms with Gasteiger partial charge in [0.1, 0.15) is 5.82 Å². The van der Waals surface area contributed by atoms with Crippen molar-refractivity contribution in [3.63, 3.8) is 0 Å². The molecule has 4 nitrogen and oxygen atoms in total. The second-order valence-electron chi connectivity index (χ2n) is 4.13. The lowest BCUT2D eigenvalue weighted by Crippen LogP contribution is -2.31. The molecule has 1 aromatic rings. The SMILES string of the molecule is CC(=O)ONC1(c2cc(F)c(N)c(Cl)c2)CC1. The van der Waals surface area contributed by atoms with E-state index in [1.165, 1.54) is 13.0 Å². The van der Waals surface area contributed by atoms with E-state index < -0.39 is 17.3 Å². The minimum atomic E-state index is -0.566. The lowest BCUT2D eigenvalue weighted by molar-refractivity contribution is -0.151. The highest BCUT2D eigenvalue weighted by Crippen LogP contribution is 2.47. The summed E-state index contributed by atoms with van der Waals surface area (Å²) in [7, 11) is 0. The molecule has 1 aliphatic rings. The normalized spacial score (nSPS) is 16.6. The molecule has 0 saturated heterocycles. The average molecular weight is 259 g/mol. The number of rotatable bonds is 3. The fraction of sp³-hybridized carbons (Fsp3) is 0.364. The van der Waals surface area contributed by atoms with Crippen molar-refractivity contribution in [1.82, 2.24) is 5.48 Å². The molecule has 1 saturated carbocycles. The zero-order valence-corrected chi connectivity index (χ0v) is 9.97. The summed E-state index contributed by atoms with van der Waals surface area (Å²) >= 11 is 5.82. The molecule has 0 heterocycles. The number of nitrogens with one attached hydrogen (secondary N) is 1. The Balaban J connectivity index is 2.25. The quantitative estimate of drug-likeness (QED) is 0.644. The third kappa shape index (κ3) is 2.35. The Kier molecular flexibility index (Phi) is 2.97. The van der Waals surface area contributed by atoms with Crippen LogP contribution in [0.15, 0.2) is 12.1 Å². The van der Waals surface area contributed by atoms with Gasteiger partial charge in [0.25, 0.3) is 0 Å². The fourth-order valence-corrected chi connectivity index (χ4v) is 1.81. The predicted octanol–water partition coefficient (Wildman–Crippen LogP) is 2.12. The van der Waals surface area contributed by atoms with E-state index >= 15 is 0 Å². The lowest BCUT2D eigenvalue weighted by Gasteiger charge is -2.17. The van der Waals surface area contributed by atoms with Crippen LogP contribution in [0.3, 0.4) is 0 Å². The average Bonchev–Trinajstić information content (AvgIpc) is 3.03. The minimum Gasteiger partial charge on any atom is -0.395 e. The van der Waals surface area contributed by atoms with Gasteiger partial charge in [-0.15, -0.1) is 5.48 Å². The van der Waals surface area contributed by atoms with E-state index in [9.17, 15) is 9.18 Å². The molecule has 3 N–H and O–H groups in total. The van der Waals surface area contributed by atoms with Gasteiger partial charge in [-0.1, -0.05) is 11.6 Å². The molecule has 0 bridgehead atoms. The van der Waals surface area contributed by atoms with Crippen LogP contribution in [0.4, 0.5) is 10.1 Å². The molecule has 1 aliphatic carbocycles.